The molecular formula is C12H20N2S. The average Bonchev–Trinajstić information content (AvgIpc) is 2.99. The Labute approximate surface area is 96.3 Å². The van der Waals surface area contributed by atoms with E-state index in [0.29, 0.717) is 5.41 Å². The fourth-order valence-electron chi connectivity index (χ4n) is 2.64. The number of hydrogen-bond acceptors (Lipinski definition) is 3. The maximum atomic E-state index is 4.73. The van der Waals surface area contributed by atoms with Gasteiger partial charge in [-0.1, -0.05) is 24.6 Å². The van der Waals surface area contributed by atoms with E-state index in [-0.39, 0.29) is 0 Å². The summed E-state index contributed by atoms with van der Waals surface area (Å²) in [6, 6.07) is 0. The Morgan fingerprint density at radius 3 is 2.73 bits per heavy atom. The van der Waals surface area contributed by atoms with Gasteiger partial charge in [0.25, 0.3) is 0 Å². The van der Waals surface area contributed by atoms with Crippen molar-refractivity contribution in [3.63, 3.8) is 0 Å². The molecule has 1 N–H and O–H groups in total. The highest BCUT2D eigenvalue weighted by molar-refractivity contribution is 8.13. The van der Waals surface area contributed by atoms with Crippen LogP contribution >= 0.6 is 11.8 Å². The first-order chi connectivity index (χ1) is 7.36. The maximum Gasteiger partial charge on any atom is 0.156 e. The van der Waals surface area contributed by atoms with Crippen molar-refractivity contribution in [2.75, 3.05) is 18.8 Å². The normalized spacial score (nSPS) is 29.2. The van der Waals surface area contributed by atoms with E-state index in [1.807, 2.05) is 11.8 Å². The van der Waals surface area contributed by atoms with Gasteiger partial charge in [-0.2, -0.15) is 0 Å². The number of thioether (sulfide) groups is 1. The van der Waals surface area contributed by atoms with Gasteiger partial charge in [0.15, 0.2) is 5.17 Å². The van der Waals surface area contributed by atoms with Gasteiger partial charge >= 0.3 is 0 Å². The third-order valence-corrected chi connectivity index (χ3v) is 5.28. The molecule has 0 unspecified atom stereocenters. The second-order valence-electron chi connectivity index (χ2n) is 5.44. The number of nitrogens with zero attached hydrogens (tertiary/aromatic N) is 1. The molecule has 0 amide bonds. The van der Waals surface area contributed by atoms with Crippen LogP contribution in [0.3, 0.4) is 0 Å². The molecule has 2 saturated carbocycles. The molecule has 2 nitrogen and oxygen atoms in total. The maximum absolute atomic E-state index is 4.73. The van der Waals surface area contributed by atoms with Gasteiger partial charge in [-0.3, -0.25) is 4.99 Å². The molecule has 1 aliphatic heterocycles. The van der Waals surface area contributed by atoms with Gasteiger partial charge in [0.1, 0.15) is 0 Å². The molecule has 3 aliphatic rings. The monoisotopic (exact) mass is 224 g/mol. The number of aliphatic imine (C=N–C) groups is 1. The molecule has 15 heavy (non-hydrogen) atoms. The molecule has 0 saturated heterocycles. The number of amidine groups is 1. The summed E-state index contributed by atoms with van der Waals surface area (Å²) in [7, 11) is 0. The highest BCUT2D eigenvalue weighted by Crippen LogP contribution is 2.43. The topological polar surface area (TPSA) is 24.4 Å². The van der Waals surface area contributed by atoms with E-state index in [1.54, 1.807) is 0 Å². The lowest BCUT2D eigenvalue weighted by Gasteiger charge is -2.31. The average molecular weight is 224 g/mol. The lowest BCUT2D eigenvalue weighted by molar-refractivity contribution is 0.358. The number of hydrogen-bond donors (Lipinski definition) is 1. The van der Waals surface area contributed by atoms with E-state index in [1.165, 1.54) is 56.0 Å². The molecule has 0 aromatic heterocycles. The van der Waals surface area contributed by atoms with Crippen LogP contribution in [0.25, 0.3) is 0 Å². The fraction of sp³-hybridized carbons (Fsp3) is 0.917. The summed E-state index contributed by atoms with van der Waals surface area (Å²) in [6.45, 7) is 2.26. The lowest BCUT2D eigenvalue weighted by Crippen LogP contribution is -2.34. The summed E-state index contributed by atoms with van der Waals surface area (Å²) in [6.07, 6.45) is 8.55. The molecule has 3 rings (SSSR count). The van der Waals surface area contributed by atoms with Crippen LogP contribution in [-0.4, -0.2) is 24.0 Å². The van der Waals surface area contributed by atoms with Crippen LogP contribution in [0.2, 0.25) is 0 Å². The van der Waals surface area contributed by atoms with Gasteiger partial charge < -0.3 is 5.32 Å². The van der Waals surface area contributed by atoms with Crippen LogP contribution in [-0.2, 0) is 0 Å². The predicted octanol–water partition coefficient (Wildman–Crippen LogP) is 2.65. The number of nitrogens with one attached hydrogen (secondary N) is 1. The van der Waals surface area contributed by atoms with Crippen molar-refractivity contribution in [3.05, 3.63) is 0 Å². The first-order valence-corrected chi connectivity index (χ1v) is 7.26. The van der Waals surface area contributed by atoms with E-state index in [0.717, 1.165) is 12.5 Å². The quantitative estimate of drug-likeness (QED) is 0.780. The van der Waals surface area contributed by atoms with Gasteiger partial charge in [-0.05, 0) is 37.0 Å². The molecular weight excluding hydrogens is 204 g/mol. The van der Waals surface area contributed by atoms with Gasteiger partial charge in [0.05, 0.1) is 0 Å². The van der Waals surface area contributed by atoms with Crippen molar-refractivity contribution in [1.29, 1.82) is 0 Å². The molecule has 0 radical (unpaired) electrons. The van der Waals surface area contributed by atoms with E-state index in [2.05, 4.69) is 5.32 Å². The third-order valence-electron chi connectivity index (χ3n) is 3.98. The van der Waals surface area contributed by atoms with Crippen LogP contribution in [0.1, 0.15) is 38.5 Å². The Hall–Kier alpha value is -0.180. The van der Waals surface area contributed by atoms with E-state index in [4.69, 9.17) is 4.99 Å². The van der Waals surface area contributed by atoms with Crippen LogP contribution in [0.5, 0.6) is 0 Å². The lowest BCUT2D eigenvalue weighted by atomic mass is 9.89. The Kier molecular flexibility index (Phi) is 2.67. The zero-order chi connectivity index (χ0) is 10.1. The van der Waals surface area contributed by atoms with Crippen LogP contribution in [0.4, 0.5) is 0 Å². The van der Waals surface area contributed by atoms with Crippen molar-refractivity contribution >= 4 is 16.9 Å². The summed E-state index contributed by atoms with van der Waals surface area (Å²) in [5.41, 5.74) is 0.593. The fourth-order valence-corrected chi connectivity index (χ4v) is 3.80. The second-order valence-corrected chi connectivity index (χ2v) is 6.41. The second kappa shape index (κ2) is 4.00. The zero-order valence-corrected chi connectivity index (χ0v) is 10.1. The highest BCUT2D eigenvalue weighted by atomic mass is 32.2. The molecule has 0 aromatic rings. The van der Waals surface area contributed by atoms with Crippen molar-refractivity contribution in [1.82, 2.24) is 5.32 Å². The smallest absolute Gasteiger partial charge is 0.156 e. The van der Waals surface area contributed by atoms with E-state index >= 15 is 0 Å². The summed E-state index contributed by atoms with van der Waals surface area (Å²) in [4.78, 5) is 4.73. The predicted molar refractivity (Wildman–Crippen MR) is 66.4 cm³/mol. The molecule has 0 bridgehead atoms. The van der Waals surface area contributed by atoms with Crippen molar-refractivity contribution in [3.8, 4) is 0 Å². The third kappa shape index (κ3) is 2.32. The van der Waals surface area contributed by atoms with Crippen LogP contribution < -0.4 is 5.32 Å². The molecule has 2 aliphatic carbocycles. The van der Waals surface area contributed by atoms with Gasteiger partial charge in [0.2, 0.25) is 0 Å². The number of rotatable bonds is 2. The van der Waals surface area contributed by atoms with E-state index < -0.39 is 0 Å². The van der Waals surface area contributed by atoms with Crippen LogP contribution in [0, 0.1) is 11.3 Å². The molecule has 0 aromatic carbocycles. The first-order valence-electron chi connectivity index (χ1n) is 6.28. The van der Waals surface area contributed by atoms with Gasteiger partial charge in [-0.25, -0.2) is 0 Å². The van der Waals surface area contributed by atoms with Gasteiger partial charge in [0, 0.05) is 18.8 Å². The Morgan fingerprint density at radius 1 is 1.33 bits per heavy atom. The van der Waals surface area contributed by atoms with Crippen LogP contribution in [0.15, 0.2) is 4.99 Å². The zero-order valence-electron chi connectivity index (χ0n) is 9.30. The highest BCUT2D eigenvalue weighted by Gasteiger charge is 2.36. The summed E-state index contributed by atoms with van der Waals surface area (Å²) < 4.78 is 0. The molecule has 3 heteroatoms. The SMILES string of the molecule is C1CCC2(C1)CN=C(NCC1CC1)SC2. The minimum Gasteiger partial charge on any atom is -0.365 e. The largest absolute Gasteiger partial charge is 0.365 e. The minimum absolute atomic E-state index is 0.593. The molecule has 0 atom stereocenters. The molecule has 1 heterocycles. The molecule has 84 valence electrons. The summed E-state index contributed by atoms with van der Waals surface area (Å²) in [5.74, 6) is 2.26. The van der Waals surface area contributed by atoms with Crippen molar-refractivity contribution < 1.29 is 0 Å². The Balaban J connectivity index is 1.52. The van der Waals surface area contributed by atoms with Gasteiger partial charge in [-0.15, -0.1) is 0 Å². The van der Waals surface area contributed by atoms with E-state index in [9.17, 15) is 0 Å². The minimum atomic E-state index is 0.593. The standard InChI is InChI=1S/C12H20N2S/c1-2-6-12(5-1)8-14-11(15-9-12)13-7-10-3-4-10/h10H,1-9H2,(H,13,14). The van der Waals surface area contributed by atoms with Crippen molar-refractivity contribution in [2.24, 2.45) is 16.3 Å². The summed E-state index contributed by atoms with van der Waals surface area (Å²) in [5, 5.41) is 4.72. The van der Waals surface area contributed by atoms with Crippen molar-refractivity contribution in [2.45, 2.75) is 38.5 Å². The molecule has 2 fully saturated rings. The first kappa shape index (κ1) is 10.0. The Bertz CT molecular complexity index is 265. The molecule has 1 spiro atoms. The summed E-state index contributed by atoms with van der Waals surface area (Å²) >= 11 is 1.97. The Morgan fingerprint density at radius 2 is 2.13 bits per heavy atom.